The number of aromatic amines is 1. The van der Waals surface area contributed by atoms with Crippen LogP contribution in [0.15, 0.2) is 54.7 Å². The lowest BCUT2D eigenvalue weighted by Gasteiger charge is -2.26. The van der Waals surface area contributed by atoms with Crippen molar-refractivity contribution >= 4 is 46.5 Å². The van der Waals surface area contributed by atoms with Crippen molar-refractivity contribution in [1.29, 1.82) is 0 Å². The summed E-state index contributed by atoms with van der Waals surface area (Å²) in [5, 5.41) is 18.5. The fourth-order valence-electron chi connectivity index (χ4n) is 4.38. The summed E-state index contributed by atoms with van der Waals surface area (Å²) in [6, 6.07) is 11.5. The van der Waals surface area contributed by atoms with Crippen LogP contribution in [0, 0.1) is 6.92 Å². The van der Waals surface area contributed by atoms with E-state index in [2.05, 4.69) is 46.3 Å². The number of halogens is 4. The van der Waals surface area contributed by atoms with Gasteiger partial charge in [-0.2, -0.15) is 18.3 Å². The predicted molar refractivity (Wildman–Crippen MR) is 152 cm³/mol. The quantitative estimate of drug-likeness (QED) is 0.192. The number of piperazine rings is 1. The number of alkyl halides is 3. The molecule has 0 aliphatic carbocycles. The maximum atomic E-state index is 13.1. The van der Waals surface area contributed by atoms with Crippen molar-refractivity contribution in [1.82, 2.24) is 25.5 Å². The topological polar surface area (TPSA) is 123 Å². The third-order valence-corrected chi connectivity index (χ3v) is 6.78. The van der Waals surface area contributed by atoms with Gasteiger partial charge in [-0.1, -0.05) is 17.7 Å². The number of hydrogen-bond acceptors (Lipinski definition) is 7. The molecule has 14 heteroatoms. The zero-order valence-electron chi connectivity index (χ0n) is 21.9. The fourth-order valence-corrected chi connectivity index (χ4v) is 4.60. The highest BCUT2D eigenvalue weighted by Gasteiger charge is 2.33. The van der Waals surface area contributed by atoms with E-state index in [1.807, 2.05) is 19.1 Å². The SMILES string of the molecule is Cc1cc(NC(=O)Nc2ccc(Cl)c(C(F)(F)F)c2)ccc1Cc1nccc(Nc2cc(N3CCNCC3)n[nH]2)n1. The number of carbonyl (C=O) groups excluding carboxylic acids is 1. The Balaban J connectivity index is 1.19. The summed E-state index contributed by atoms with van der Waals surface area (Å²) in [7, 11) is 0. The van der Waals surface area contributed by atoms with E-state index in [0.29, 0.717) is 23.8 Å². The van der Waals surface area contributed by atoms with Gasteiger partial charge in [-0.3, -0.25) is 5.10 Å². The van der Waals surface area contributed by atoms with Gasteiger partial charge in [0.2, 0.25) is 0 Å². The molecule has 0 bridgehead atoms. The zero-order chi connectivity index (χ0) is 29.0. The average Bonchev–Trinajstić information content (AvgIpc) is 3.40. The van der Waals surface area contributed by atoms with Crippen LogP contribution in [0.5, 0.6) is 0 Å². The van der Waals surface area contributed by atoms with Crippen molar-refractivity contribution in [2.24, 2.45) is 0 Å². The molecule has 3 heterocycles. The molecule has 1 saturated heterocycles. The lowest BCUT2D eigenvalue weighted by atomic mass is 10.0. The Hall–Kier alpha value is -4.36. The molecule has 0 spiro atoms. The monoisotopic (exact) mass is 585 g/mol. The molecule has 5 N–H and O–H groups in total. The summed E-state index contributed by atoms with van der Waals surface area (Å²) in [4.78, 5) is 23.6. The lowest BCUT2D eigenvalue weighted by molar-refractivity contribution is -0.137. The van der Waals surface area contributed by atoms with Crippen LogP contribution < -0.4 is 26.2 Å². The number of amides is 2. The lowest BCUT2D eigenvalue weighted by Crippen LogP contribution is -2.43. The number of urea groups is 1. The van der Waals surface area contributed by atoms with Gasteiger partial charge in [-0.05, 0) is 54.4 Å². The van der Waals surface area contributed by atoms with Crippen molar-refractivity contribution in [2.45, 2.75) is 19.5 Å². The number of aromatic nitrogens is 4. The van der Waals surface area contributed by atoms with E-state index >= 15 is 0 Å². The first kappa shape index (κ1) is 28.2. The largest absolute Gasteiger partial charge is 0.417 e. The van der Waals surface area contributed by atoms with E-state index in [-0.39, 0.29) is 5.69 Å². The van der Waals surface area contributed by atoms with Crippen LogP contribution in [0.25, 0.3) is 0 Å². The van der Waals surface area contributed by atoms with Crippen molar-refractivity contribution in [2.75, 3.05) is 47.0 Å². The number of carbonyl (C=O) groups is 1. The number of nitrogens with one attached hydrogen (secondary N) is 5. The Morgan fingerprint density at radius 3 is 2.51 bits per heavy atom. The molecule has 0 atom stereocenters. The van der Waals surface area contributed by atoms with Gasteiger partial charge in [-0.25, -0.2) is 14.8 Å². The van der Waals surface area contributed by atoms with Gasteiger partial charge < -0.3 is 26.2 Å². The molecule has 214 valence electrons. The second-order valence-corrected chi connectivity index (χ2v) is 9.86. The summed E-state index contributed by atoms with van der Waals surface area (Å²) in [6.07, 6.45) is -2.51. The Labute approximate surface area is 238 Å². The predicted octanol–water partition coefficient (Wildman–Crippen LogP) is 5.57. The van der Waals surface area contributed by atoms with Gasteiger partial charge in [0.15, 0.2) is 5.82 Å². The second-order valence-electron chi connectivity index (χ2n) is 9.45. The molecule has 41 heavy (non-hydrogen) atoms. The summed E-state index contributed by atoms with van der Waals surface area (Å²) in [5.41, 5.74) is 1.24. The number of rotatable bonds is 7. The molecule has 1 aliphatic rings. The molecule has 4 aromatic rings. The number of hydrogen-bond donors (Lipinski definition) is 5. The van der Waals surface area contributed by atoms with Crippen molar-refractivity contribution in [3.63, 3.8) is 0 Å². The van der Waals surface area contributed by atoms with Gasteiger partial charge in [0.05, 0.1) is 10.6 Å². The smallest absolute Gasteiger partial charge is 0.353 e. The van der Waals surface area contributed by atoms with E-state index in [0.717, 1.165) is 61.1 Å². The molecule has 2 aromatic carbocycles. The van der Waals surface area contributed by atoms with Crippen LogP contribution in [0.1, 0.15) is 22.5 Å². The van der Waals surface area contributed by atoms with Crippen LogP contribution in [-0.2, 0) is 12.6 Å². The van der Waals surface area contributed by atoms with Crippen LogP contribution in [-0.4, -0.2) is 52.4 Å². The summed E-state index contributed by atoms with van der Waals surface area (Å²) >= 11 is 5.64. The minimum atomic E-state index is -4.63. The molecular weight excluding hydrogens is 559 g/mol. The third-order valence-electron chi connectivity index (χ3n) is 6.45. The van der Waals surface area contributed by atoms with Crippen LogP contribution in [0.2, 0.25) is 5.02 Å². The molecular formula is C27H27ClF3N9O. The average molecular weight is 586 g/mol. The highest BCUT2D eigenvalue weighted by atomic mass is 35.5. The molecule has 2 aromatic heterocycles. The first-order valence-electron chi connectivity index (χ1n) is 12.8. The fraction of sp³-hybridized carbons (Fsp3) is 0.259. The molecule has 0 saturated carbocycles. The summed E-state index contributed by atoms with van der Waals surface area (Å²) in [5.74, 6) is 2.82. The summed E-state index contributed by atoms with van der Waals surface area (Å²) in [6.45, 7) is 5.52. The third kappa shape index (κ3) is 7.24. The molecule has 5 rings (SSSR count). The molecule has 0 unspecified atom stereocenters. The van der Waals surface area contributed by atoms with Gasteiger partial charge >= 0.3 is 12.2 Å². The number of benzene rings is 2. The van der Waals surface area contributed by atoms with Gasteiger partial charge in [0.1, 0.15) is 17.5 Å². The first-order chi connectivity index (χ1) is 19.6. The van der Waals surface area contributed by atoms with Gasteiger partial charge in [0.25, 0.3) is 0 Å². The standard InChI is InChI=1S/C27H27ClF3N9O/c1-16-12-18(34-26(41)35-19-4-5-21(28)20(14-19)27(29,30)31)3-2-17(16)13-23-33-7-6-22(36-23)37-24-15-25(39-38-24)40-10-8-32-9-11-40/h2-7,12,14-15,32H,8-11,13H2,1H3,(H2,34,35,41)(H2,33,36,37,38,39). The minimum absolute atomic E-state index is 0.0339. The number of nitrogens with zero attached hydrogens (tertiary/aromatic N) is 4. The normalized spacial score (nSPS) is 13.6. The Kier molecular flexibility index (Phi) is 8.26. The molecule has 1 fully saturated rings. The zero-order valence-corrected chi connectivity index (χ0v) is 22.7. The van der Waals surface area contributed by atoms with Crippen molar-refractivity contribution < 1.29 is 18.0 Å². The van der Waals surface area contributed by atoms with Crippen LogP contribution in [0.4, 0.5) is 46.8 Å². The second kappa shape index (κ2) is 12.0. The first-order valence-corrected chi connectivity index (χ1v) is 13.2. The number of aryl methyl sites for hydroxylation is 1. The minimum Gasteiger partial charge on any atom is -0.353 e. The number of H-pyrrole nitrogens is 1. The van der Waals surface area contributed by atoms with E-state index < -0.39 is 22.8 Å². The highest BCUT2D eigenvalue weighted by molar-refractivity contribution is 6.31. The Bertz CT molecular complexity index is 1540. The van der Waals surface area contributed by atoms with E-state index in [4.69, 9.17) is 11.6 Å². The van der Waals surface area contributed by atoms with E-state index in [9.17, 15) is 18.0 Å². The van der Waals surface area contributed by atoms with Crippen molar-refractivity contribution in [3.05, 3.63) is 82.3 Å². The Morgan fingerprint density at radius 2 is 1.78 bits per heavy atom. The van der Waals surface area contributed by atoms with E-state index in [1.165, 1.54) is 6.07 Å². The highest BCUT2D eigenvalue weighted by Crippen LogP contribution is 2.36. The Morgan fingerprint density at radius 1 is 1.05 bits per heavy atom. The number of anilines is 5. The maximum Gasteiger partial charge on any atom is 0.417 e. The molecule has 10 nitrogen and oxygen atoms in total. The van der Waals surface area contributed by atoms with Crippen LogP contribution >= 0.6 is 11.6 Å². The van der Waals surface area contributed by atoms with Gasteiger partial charge in [0, 0.05) is 56.2 Å². The van der Waals surface area contributed by atoms with E-state index in [1.54, 1.807) is 24.4 Å². The van der Waals surface area contributed by atoms with Crippen molar-refractivity contribution in [3.8, 4) is 0 Å². The summed E-state index contributed by atoms with van der Waals surface area (Å²) < 4.78 is 39.3. The van der Waals surface area contributed by atoms with Crippen LogP contribution in [0.3, 0.4) is 0 Å². The molecule has 0 radical (unpaired) electrons. The molecule has 1 aliphatic heterocycles. The molecule has 2 amide bonds. The van der Waals surface area contributed by atoms with Gasteiger partial charge in [-0.15, -0.1) is 0 Å². The maximum absolute atomic E-state index is 13.1.